The molecule has 152 valence electrons. The van der Waals surface area contributed by atoms with Gasteiger partial charge >= 0.3 is 0 Å². The number of nitro benzene ring substituents is 1. The van der Waals surface area contributed by atoms with Crippen molar-refractivity contribution in [3.8, 4) is 0 Å². The van der Waals surface area contributed by atoms with E-state index in [0.717, 1.165) is 17.5 Å². The molecule has 0 aliphatic heterocycles. The average molecular weight is 434 g/mol. The molecule has 0 atom stereocenters. The van der Waals surface area contributed by atoms with Gasteiger partial charge in [0, 0.05) is 34.5 Å². The molecule has 0 fully saturated rings. The molecule has 2 aromatic carbocycles. The van der Waals surface area contributed by atoms with Crippen LogP contribution in [0.3, 0.4) is 0 Å². The predicted molar refractivity (Wildman–Crippen MR) is 113 cm³/mol. The highest BCUT2D eigenvalue weighted by molar-refractivity contribution is 7.89. The number of rotatable bonds is 8. The van der Waals surface area contributed by atoms with Crippen molar-refractivity contribution in [1.82, 2.24) is 4.72 Å². The van der Waals surface area contributed by atoms with Crippen LogP contribution in [0.5, 0.6) is 0 Å². The number of fused-ring (bicyclic) bond motifs is 1. The van der Waals surface area contributed by atoms with Gasteiger partial charge in [0.05, 0.1) is 14.7 Å². The van der Waals surface area contributed by atoms with Crippen LogP contribution >= 0.6 is 11.3 Å². The number of thiophene rings is 1. The lowest BCUT2D eigenvalue weighted by molar-refractivity contribution is -0.384. The molecule has 10 heteroatoms. The minimum absolute atomic E-state index is 0.0456. The van der Waals surface area contributed by atoms with Crippen molar-refractivity contribution in [2.24, 2.45) is 0 Å². The van der Waals surface area contributed by atoms with Crippen LogP contribution in [-0.2, 0) is 10.0 Å². The molecular formula is C19H19N3O5S2. The number of hydrogen-bond donors (Lipinski definition) is 2. The Morgan fingerprint density at radius 1 is 1.17 bits per heavy atom. The zero-order valence-corrected chi connectivity index (χ0v) is 17.2. The first kappa shape index (κ1) is 20.9. The largest absolute Gasteiger partial charge is 0.321 e. The first-order valence-electron chi connectivity index (χ1n) is 8.89. The number of benzene rings is 2. The second-order valence-corrected chi connectivity index (χ2v) is 9.17. The molecule has 1 aromatic heterocycles. The van der Waals surface area contributed by atoms with E-state index in [1.807, 2.05) is 6.92 Å². The van der Waals surface area contributed by atoms with Gasteiger partial charge < -0.3 is 5.32 Å². The molecular weight excluding hydrogens is 414 g/mol. The van der Waals surface area contributed by atoms with Crippen molar-refractivity contribution >= 4 is 48.7 Å². The van der Waals surface area contributed by atoms with Crippen LogP contribution in [-0.4, -0.2) is 25.8 Å². The Morgan fingerprint density at radius 3 is 2.69 bits per heavy atom. The topological polar surface area (TPSA) is 118 Å². The number of unbranched alkanes of at least 4 members (excludes halogenated alkanes) is 1. The fourth-order valence-corrected chi connectivity index (χ4v) is 4.71. The lowest BCUT2D eigenvalue weighted by atomic mass is 10.2. The number of nitro groups is 1. The van der Waals surface area contributed by atoms with Gasteiger partial charge in [-0.05, 0) is 36.8 Å². The highest BCUT2D eigenvalue weighted by Gasteiger charge is 2.16. The second kappa shape index (κ2) is 8.68. The zero-order chi connectivity index (χ0) is 21.0. The van der Waals surface area contributed by atoms with Gasteiger partial charge in [0.15, 0.2) is 0 Å². The van der Waals surface area contributed by atoms with Crippen LogP contribution in [0.25, 0.3) is 10.1 Å². The number of carbonyl (C=O) groups is 1. The summed E-state index contributed by atoms with van der Waals surface area (Å²) < 4.78 is 28.0. The predicted octanol–water partition coefficient (Wildman–Crippen LogP) is 4.14. The van der Waals surface area contributed by atoms with Crippen LogP contribution in [0.15, 0.2) is 53.4 Å². The fraction of sp³-hybridized carbons (Fsp3) is 0.211. The van der Waals surface area contributed by atoms with Gasteiger partial charge in [0.2, 0.25) is 10.0 Å². The van der Waals surface area contributed by atoms with Crippen LogP contribution in [0.4, 0.5) is 11.4 Å². The monoisotopic (exact) mass is 433 g/mol. The SMILES string of the molecule is CCCCNS(=O)(=O)c1cccc(NC(=O)c2cc3cc([N+](=O)[O-])ccc3s2)c1. The Morgan fingerprint density at radius 2 is 1.97 bits per heavy atom. The standard InChI is InChI=1S/C19H19N3O5S2/c1-2-3-9-20-29(26,27)16-6-4-5-14(12-16)21-19(23)18-11-13-10-15(22(24)25)7-8-17(13)28-18/h4-8,10-12,20H,2-3,9H2,1H3,(H,21,23). The summed E-state index contributed by atoms with van der Waals surface area (Å²) in [6.07, 6.45) is 1.61. The Balaban J connectivity index is 1.79. The van der Waals surface area contributed by atoms with Gasteiger partial charge in [-0.15, -0.1) is 11.3 Å². The third-order valence-corrected chi connectivity index (χ3v) is 6.73. The molecule has 0 unspecified atom stereocenters. The molecule has 0 bridgehead atoms. The Hall–Kier alpha value is -2.82. The maximum atomic E-state index is 12.6. The summed E-state index contributed by atoms with van der Waals surface area (Å²) in [5.74, 6) is -0.414. The number of amides is 1. The van der Waals surface area contributed by atoms with Crippen molar-refractivity contribution in [2.75, 3.05) is 11.9 Å². The molecule has 0 spiro atoms. The highest BCUT2D eigenvalue weighted by Crippen LogP contribution is 2.29. The summed E-state index contributed by atoms with van der Waals surface area (Å²) in [5, 5.41) is 14.2. The van der Waals surface area contributed by atoms with Crippen LogP contribution in [0.1, 0.15) is 29.4 Å². The summed E-state index contributed by atoms with van der Waals surface area (Å²) in [7, 11) is -3.65. The molecule has 29 heavy (non-hydrogen) atoms. The van der Waals surface area contributed by atoms with Crippen molar-refractivity contribution in [1.29, 1.82) is 0 Å². The summed E-state index contributed by atoms with van der Waals surface area (Å²) in [6, 6.07) is 12.0. The van der Waals surface area contributed by atoms with Gasteiger partial charge in [-0.3, -0.25) is 14.9 Å². The fourth-order valence-electron chi connectivity index (χ4n) is 2.66. The summed E-state index contributed by atoms with van der Waals surface area (Å²) in [4.78, 5) is 23.4. The van der Waals surface area contributed by atoms with E-state index >= 15 is 0 Å². The number of sulfonamides is 1. The lowest BCUT2D eigenvalue weighted by Gasteiger charge is -2.09. The molecule has 3 rings (SSSR count). The van der Waals surface area contributed by atoms with E-state index in [2.05, 4.69) is 10.0 Å². The normalized spacial score (nSPS) is 11.5. The first-order valence-corrected chi connectivity index (χ1v) is 11.2. The van der Waals surface area contributed by atoms with E-state index in [1.54, 1.807) is 24.3 Å². The van der Waals surface area contributed by atoms with E-state index in [1.165, 1.54) is 35.6 Å². The zero-order valence-electron chi connectivity index (χ0n) is 15.5. The van der Waals surface area contributed by atoms with Crippen LogP contribution < -0.4 is 10.0 Å². The lowest BCUT2D eigenvalue weighted by Crippen LogP contribution is -2.24. The number of anilines is 1. The summed E-state index contributed by atoms with van der Waals surface area (Å²) in [6.45, 7) is 2.32. The second-order valence-electron chi connectivity index (χ2n) is 6.32. The van der Waals surface area contributed by atoms with Gasteiger partial charge in [0.25, 0.3) is 11.6 Å². The molecule has 0 saturated carbocycles. The maximum absolute atomic E-state index is 12.6. The van der Waals surface area contributed by atoms with Gasteiger partial charge in [-0.2, -0.15) is 0 Å². The third kappa shape index (κ3) is 4.97. The number of hydrogen-bond acceptors (Lipinski definition) is 6. The van der Waals surface area contributed by atoms with E-state index in [0.29, 0.717) is 22.5 Å². The summed E-state index contributed by atoms with van der Waals surface area (Å²) >= 11 is 1.20. The number of carbonyl (C=O) groups excluding carboxylic acids is 1. The number of nitrogens with one attached hydrogen (secondary N) is 2. The molecule has 0 radical (unpaired) electrons. The molecule has 0 aliphatic carbocycles. The van der Waals surface area contributed by atoms with Gasteiger partial charge in [0.1, 0.15) is 0 Å². The van der Waals surface area contributed by atoms with Crippen molar-refractivity contribution in [3.05, 3.63) is 63.5 Å². The van der Waals surface area contributed by atoms with Crippen molar-refractivity contribution < 1.29 is 18.1 Å². The smallest absolute Gasteiger partial charge is 0.270 e. The van der Waals surface area contributed by atoms with Crippen LogP contribution in [0, 0.1) is 10.1 Å². The van der Waals surface area contributed by atoms with Crippen LogP contribution in [0.2, 0.25) is 0 Å². The van der Waals surface area contributed by atoms with Gasteiger partial charge in [-0.25, -0.2) is 13.1 Å². The average Bonchev–Trinajstić information content (AvgIpc) is 3.12. The van der Waals surface area contributed by atoms with Gasteiger partial charge in [-0.1, -0.05) is 19.4 Å². The molecule has 0 aliphatic rings. The van der Waals surface area contributed by atoms with Crippen molar-refractivity contribution in [3.63, 3.8) is 0 Å². The molecule has 8 nitrogen and oxygen atoms in total. The first-order chi connectivity index (χ1) is 13.8. The maximum Gasteiger partial charge on any atom is 0.270 e. The molecule has 2 N–H and O–H groups in total. The molecule has 1 amide bonds. The van der Waals surface area contributed by atoms with E-state index in [9.17, 15) is 23.3 Å². The highest BCUT2D eigenvalue weighted by atomic mass is 32.2. The summed E-state index contributed by atoms with van der Waals surface area (Å²) in [5.41, 5.74) is 0.299. The quantitative estimate of drug-likeness (QED) is 0.314. The Bertz CT molecular complexity index is 1170. The Labute approximate surface area is 171 Å². The minimum atomic E-state index is -3.65. The third-order valence-electron chi connectivity index (χ3n) is 4.16. The number of non-ortho nitro benzene ring substituents is 1. The molecule has 3 aromatic rings. The van der Waals surface area contributed by atoms with E-state index < -0.39 is 20.9 Å². The van der Waals surface area contributed by atoms with Crippen molar-refractivity contribution in [2.45, 2.75) is 24.7 Å². The molecule has 1 heterocycles. The molecule has 0 saturated heterocycles. The minimum Gasteiger partial charge on any atom is -0.321 e. The van der Waals surface area contributed by atoms with E-state index in [-0.39, 0.29) is 10.6 Å². The Kier molecular flexibility index (Phi) is 6.26. The number of nitrogens with zero attached hydrogens (tertiary/aromatic N) is 1. The van der Waals surface area contributed by atoms with E-state index in [4.69, 9.17) is 0 Å².